The highest BCUT2D eigenvalue weighted by Crippen LogP contribution is 2.32. The molecule has 42 heavy (non-hydrogen) atoms. The van der Waals surface area contributed by atoms with Crippen LogP contribution in [0.4, 0.5) is 18.9 Å². The van der Waals surface area contributed by atoms with E-state index < -0.39 is 6.36 Å². The summed E-state index contributed by atoms with van der Waals surface area (Å²) < 4.78 is 41.3. The SMILES string of the molecule is CC(C)=Cc1ccccc1N1C(=O)CS/C1=N\N=C\c1ccc(C(N)=NC=NC2=CC=C(OC(F)(F)F)CC2C)cc1. The zero-order valence-electron chi connectivity index (χ0n) is 23.2. The zero-order valence-corrected chi connectivity index (χ0v) is 24.0. The van der Waals surface area contributed by atoms with Gasteiger partial charge in [0.05, 0.1) is 17.7 Å². The van der Waals surface area contributed by atoms with Crippen LogP contribution in [0.2, 0.25) is 0 Å². The van der Waals surface area contributed by atoms with Crippen molar-refractivity contribution in [2.45, 2.75) is 33.6 Å². The van der Waals surface area contributed by atoms with Crippen LogP contribution in [0.25, 0.3) is 6.08 Å². The van der Waals surface area contributed by atoms with Gasteiger partial charge in [0, 0.05) is 23.6 Å². The molecule has 218 valence electrons. The third kappa shape index (κ3) is 8.29. The van der Waals surface area contributed by atoms with Gasteiger partial charge in [-0.05, 0) is 43.2 Å². The molecule has 1 fully saturated rings. The van der Waals surface area contributed by atoms with E-state index >= 15 is 0 Å². The summed E-state index contributed by atoms with van der Waals surface area (Å²) in [6, 6.07) is 14.8. The fourth-order valence-electron chi connectivity index (χ4n) is 4.13. The second-order valence-electron chi connectivity index (χ2n) is 9.68. The number of carbonyl (C=O) groups excluding carboxylic acids is 1. The largest absolute Gasteiger partial charge is 0.572 e. The Kier molecular flexibility index (Phi) is 9.79. The van der Waals surface area contributed by atoms with E-state index in [1.165, 1.54) is 30.3 Å². The third-order valence-corrected chi connectivity index (χ3v) is 6.96. The number of allylic oxidation sites excluding steroid dienone is 5. The van der Waals surface area contributed by atoms with E-state index in [2.05, 4.69) is 24.9 Å². The number of anilines is 1. The molecule has 4 rings (SSSR count). The number of halogens is 3. The molecule has 2 N–H and O–H groups in total. The van der Waals surface area contributed by atoms with Gasteiger partial charge in [-0.1, -0.05) is 72.8 Å². The Labute approximate surface area is 246 Å². The molecule has 1 aliphatic heterocycles. The lowest BCUT2D eigenvalue weighted by atomic mass is 9.98. The first-order chi connectivity index (χ1) is 20.0. The standard InChI is InChI=1S/C30H29F3N6O2S/c1-19(2)14-23-6-4-5-7-26(23)39-27(40)17-42-29(39)38-37-16-21-8-10-22(11-9-21)28(34)36-18-35-25-13-12-24(15-20(25)3)41-30(31,32)33/h4-14,16,18,20H,15,17H2,1-3H3,(H2,34,35,36)/b37-16+,38-29-. The van der Waals surface area contributed by atoms with E-state index in [0.29, 0.717) is 16.4 Å². The van der Waals surface area contributed by atoms with Crippen molar-refractivity contribution >= 4 is 53.0 Å². The first-order valence-corrected chi connectivity index (χ1v) is 13.9. The Bertz CT molecular complexity index is 1530. The van der Waals surface area contributed by atoms with Crippen molar-refractivity contribution in [1.82, 2.24) is 0 Å². The summed E-state index contributed by atoms with van der Waals surface area (Å²) in [7, 11) is 0. The molecule has 0 radical (unpaired) electrons. The Morgan fingerprint density at radius 1 is 1.12 bits per heavy atom. The van der Waals surface area contributed by atoms with Crippen molar-refractivity contribution in [3.63, 3.8) is 0 Å². The molecule has 2 aliphatic rings. The lowest BCUT2D eigenvalue weighted by molar-refractivity contribution is -0.306. The van der Waals surface area contributed by atoms with Crippen molar-refractivity contribution in [3.05, 3.63) is 94.4 Å². The molecule has 0 bridgehead atoms. The highest BCUT2D eigenvalue weighted by Gasteiger charge is 2.33. The van der Waals surface area contributed by atoms with Crippen LogP contribution < -0.4 is 10.6 Å². The molecule has 12 heteroatoms. The Hall–Kier alpha value is -4.45. The topological polar surface area (TPSA) is 105 Å². The van der Waals surface area contributed by atoms with Gasteiger partial charge in [0.15, 0.2) is 5.17 Å². The summed E-state index contributed by atoms with van der Waals surface area (Å²) in [5.41, 5.74) is 10.9. The summed E-state index contributed by atoms with van der Waals surface area (Å²) in [5.74, 6) is 0.00715. The number of para-hydroxylation sites is 1. The van der Waals surface area contributed by atoms with E-state index in [-0.39, 0.29) is 35.6 Å². The van der Waals surface area contributed by atoms with Crippen molar-refractivity contribution in [3.8, 4) is 0 Å². The summed E-state index contributed by atoms with van der Waals surface area (Å²) in [4.78, 5) is 22.6. The second kappa shape index (κ2) is 13.5. The first kappa shape index (κ1) is 30.5. The van der Waals surface area contributed by atoms with E-state index in [1.54, 1.807) is 42.3 Å². The maximum absolute atomic E-state index is 12.7. The van der Waals surface area contributed by atoms with Gasteiger partial charge in [-0.15, -0.1) is 18.3 Å². The molecule has 1 saturated heterocycles. The Morgan fingerprint density at radius 2 is 1.86 bits per heavy atom. The van der Waals surface area contributed by atoms with Crippen LogP contribution in [-0.4, -0.2) is 41.6 Å². The van der Waals surface area contributed by atoms with Crippen LogP contribution >= 0.6 is 11.8 Å². The fourth-order valence-corrected chi connectivity index (χ4v) is 4.94. The molecule has 1 amide bonds. The molecular weight excluding hydrogens is 565 g/mol. The van der Waals surface area contributed by atoms with Gasteiger partial charge in [-0.25, -0.2) is 9.98 Å². The molecule has 1 atom stereocenters. The lowest BCUT2D eigenvalue weighted by Gasteiger charge is -2.19. The number of amides is 1. The molecule has 1 unspecified atom stereocenters. The minimum absolute atomic E-state index is 0.0582. The quantitative estimate of drug-likeness (QED) is 0.210. The number of ether oxygens (including phenoxy) is 1. The molecule has 0 saturated carbocycles. The fraction of sp³-hybridized carbons (Fsp3) is 0.233. The van der Waals surface area contributed by atoms with Crippen molar-refractivity contribution in [2.75, 3.05) is 10.7 Å². The van der Waals surface area contributed by atoms with Gasteiger partial charge < -0.3 is 10.5 Å². The number of nitrogens with two attached hydrogens (primary N) is 1. The van der Waals surface area contributed by atoms with Gasteiger partial charge in [0.25, 0.3) is 0 Å². The van der Waals surface area contributed by atoms with Crippen LogP contribution in [0, 0.1) is 5.92 Å². The summed E-state index contributed by atoms with van der Waals surface area (Å²) >= 11 is 1.33. The normalized spacial score (nSPS) is 19.0. The molecular formula is C30H29F3N6O2S. The number of hydrogen-bond donors (Lipinski definition) is 1. The number of aliphatic imine (C=N–C) groups is 2. The third-order valence-electron chi connectivity index (χ3n) is 6.05. The van der Waals surface area contributed by atoms with Gasteiger partial charge in [-0.2, -0.15) is 5.10 Å². The van der Waals surface area contributed by atoms with Crippen molar-refractivity contribution in [1.29, 1.82) is 0 Å². The minimum Gasteiger partial charge on any atom is -0.410 e. The van der Waals surface area contributed by atoms with Gasteiger partial charge >= 0.3 is 6.36 Å². The Balaban J connectivity index is 1.41. The van der Waals surface area contributed by atoms with Crippen LogP contribution in [0.3, 0.4) is 0 Å². The first-order valence-electron chi connectivity index (χ1n) is 12.9. The minimum atomic E-state index is -4.72. The maximum Gasteiger partial charge on any atom is 0.572 e. The molecule has 1 heterocycles. The second-order valence-corrected chi connectivity index (χ2v) is 10.6. The number of hydrogen-bond acceptors (Lipinski definition) is 6. The number of alkyl halides is 3. The van der Waals surface area contributed by atoms with Crippen molar-refractivity contribution in [2.24, 2.45) is 31.8 Å². The van der Waals surface area contributed by atoms with Gasteiger partial charge in [-0.3, -0.25) is 9.69 Å². The van der Waals surface area contributed by atoms with E-state index in [1.807, 2.05) is 44.2 Å². The zero-order chi connectivity index (χ0) is 30.3. The predicted octanol–water partition coefficient (Wildman–Crippen LogP) is 6.66. The molecule has 0 aromatic heterocycles. The number of carbonyl (C=O) groups is 1. The van der Waals surface area contributed by atoms with E-state index in [0.717, 1.165) is 22.4 Å². The average molecular weight is 595 g/mol. The molecule has 8 nitrogen and oxygen atoms in total. The predicted molar refractivity (Wildman–Crippen MR) is 163 cm³/mol. The molecule has 2 aromatic carbocycles. The van der Waals surface area contributed by atoms with Gasteiger partial charge in [0.2, 0.25) is 5.91 Å². The smallest absolute Gasteiger partial charge is 0.410 e. The number of thioether (sulfide) groups is 1. The Morgan fingerprint density at radius 3 is 2.55 bits per heavy atom. The number of rotatable bonds is 8. The lowest BCUT2D eigenvalue weighted by Crippen LogP contribution is -2.29. The highest BCUT2D eigenvalue weighted by atomic mass is 32.2. The molecule has 1 aliphatic carbocycles. The van der Waals surface area contributed by atoms with Crippen molar-refractivity contribution < 1.29 is 22.7 Å². The number of amidine groups is 2. The van der Waals surface area contributed by atoms with Crippen LogP contribution in [0.1, 0.15) is 43.9 Å². The van der Waals surface area contributed by atoms with Crippen LogP contribution in [0.15, 0.2) is 97.9 Å². The molecule has 2 aromatic rings. The number of benzene rings is 2. The monoisotopic (exact) mass is 594 g/mol. The number of nitrogens with zero attached hydrogens (tertiary/aromatic N) is 5. The highest BCUT2D eigenvalue weighted by molar-refractivity contribution is 8.15. The van der Waals surface area contributed by atoms with Crippen LogP contribution in [-0.2, 0) is 9.53 Å². The summed E-state index contributed by atoms with van der Waals surface area (Å²) in [6.45, 7) is 5.75. The van der Waals surface area contributed by atoms with E-state index in [9.17, 15) is 18.0 Å². The molecule has 0 spiro atoms. The maximum atomic E-state index is 12.7. The van der Waals surface area contributed by atoms with Gasteiger partial charge in [0.1, 0.15) is 17.9 Å². The summed E-state index contributed by atoms with van der Waals surface area (Å²) in [5, 5.41) is 9.01. The summed E-state index contributed by atoms with van der Waals surface area (Å²) in [6.07, 6.45) is 2.95. The average Bonchev–Trinajstić information content (AvgIpc) is 3.29. The van der Waals surface area contributed by atoms with Crippen LogP contribution in [0.5, 0.6) is 0 Å². The van der Waals surface area contributed by atoms with E-state index in [4.69, 9.17) is 5.73 Å².